The number of fused-ring (bicyclic) bond motifs is 1. The van der Waals surface area contributed by atoms with Crippen molar-refractivity contribution in [2.75, 3.05) is 7.11 Å². The zero-order valence-electron chi connectivity index (χ0n) is 10.6. The molecule has 6 heteroatoms. The first-order valence-corrected chi connectivity index (χ1v) is 5.90. The molecule has 100 valence electrons. The molecule has 0 saturated heterocycles. The van der Waals surface area contributed by atoms with E-state index in [1.807, 2.05) is 24.3 Å². The van der Waals surface area contributed by atoms with Crippen molar-refractivity contribution >= 4 is 16.7 Å². The zero-order valence-corrected chi connectivity index (χ0v) is 10.6. The van der Waals surface area contributed by atoms with Gasteiger partial charge >= 0.3 is 5.97 Å². The number of ether oxygens (including phenoxy) is 1. The largest absolute Gasteiger partial charge is 0.497 e. The molecule has 0 atom stereocenters. The van der Waals surface area contributed by atoms with E-state index in [-0.39, 0.29) is 5.56 Å². The number of hydrogen-bond donors (Lipinski definition) is 1. The Bertz CT molecular complexity index is 795. The van der Waals surface area contributed by atoms with Gasteiger partial charge in [-0.05, 0) is 23.6 Å². The van der Waals surface area contributed by atoms with Gasteiger partial charge < -0.3 is 9.84 Å². The molecule has 0 unspecified atom stereocenters. The number of hydrogen-bond acceptors (Lipinski definition) is 4. The van der Waals surface area contributed by atoms with E-state index in [9.17, 15) is 4.79 Å². The van der Waals surface area contributed by atoms with Crippen molar-refractivity contribution in [1.29, 1.82) is 0 Å². The van der Waals surface area contributed by atoms with Gasteiger partial charge in [-0.15, -0.1) is 0 Å². The summed E-state index contributed by atoms with van der Waals surface area (Å²) >= 11 is 0. The minimum absolute atomic E-state index is 0.117. The Hall–Kier alpha value is -2.89. The van der Waals surface area contributed by atoms with Crippen LogP contribution in [0.25, 0.3) is 16.6 Å². The number of aromatic nitrogens is 3. The van der Waals surface area contributed by atoms with Crippen molar-refractivity contribution in [2.24, 2.45) is 0 Å². The minimum atomic E-state index is -1.02. The molecule has 0 radical (unpaired) electrons. The predicted octanol–water partition coefficient (Wildman–Crippen LogP) is 2.13. The topological polar surface area (TPSA) is 77.2 Å². The first kappa shape index (κ1) is 12.2. The quantitative estimate of drug-likeness (QED) is 0.788. The Morgan fingerprint density at radius 2 is 2.20 bits per heavy atom. The normalized spacial score (nSPS) is 10.7. The molecule has 0 aliphatic rings. The van der Waals surface area contributed by atoms with Gasteiger partial charge in [-0.3, -0.25) is 0 Å². The molecule has 1 N–H and O–H groups in total. The molecule has 20 heavy (non-hydrogen) atoms. The van der Waals surface area contributed by atoms with Gasteiger partial charge in [-0.1, -0.05) is 6.07 Å². The van der Waals surface area contributed by atoms with Crippen molar-refractivity contribution in [2.45, 2.75) is 0 Å². The van der Waals surface area contributed by atoms with E-state index >= 15 is 0 Å². The summed E-state index contributed by atoms with van der Waals surface area (Å²) in [6, 6.07) is 7.50. The van der Waals surface area contributed by atoms with Crippen LogP contribution >= 0.6 is 0 Å². The first-order valence-electron chi connectivity index (χ1n) is 5.90. The van der Waals surface area contributed by atoms with Gasteiger partial charge in [-0.2, -0.15) is 5.10 Å². The molecule has 1 aromatic carbocycles. The zero-order chi connectivity index (χ0) is 14.1. The maximum absolute atomic E-state index is 10.9. The van der Waals surface area contributed by atoms with Gasteiger partial charge in [0.25, 0.3) is 0 Å². The van der Waals surface area contributed by atoms with Crippen molar-refractivity contribution in [3.05, 3.63) is 48.4 Å². The number of carboxylic acids is 1. The third kappa shape index (κ3) is 1.97. The van der Waals surface area contributed by atoms with Gasteiger partial charge in [0.15, 0.2) is 5.82 Å². The third-order valence-electron chi connectivity index (χ3n) is 3.00. The van der Waals surface area contributed by atoms with Crippen LogP contribution in [0.4, 0.5) is 0 Å². The van der Waals surface area contributed by atoms with Crippen LogP contribution in [-0.4, -0.2) is 33.0 Å². The lowest BCUT2D eigenvalue weighted by Gasteiger charge is -2.07. The second kappa shape index (κ2) is 4.65. The number of carbonyl (C=O) groups is 1. The summed E-state index contributed by atoms with van der Waals surface area (Å²) in [5, 5.41) is 14.8. The Morgan fingerprint density at radius 1 is 1.35 bits per heavy atom. The van der Waals surface area contributed by atoms with E-state index in [0.717, 1.165) is 10.8 Å². The highest BCUT2D eigenvalue weighted by Crippen LogP contribution is 2.24. The Labute approximate surface area is 114 Å². The summed E-state index contributed by atoms with van der Waals surface area (Å²) in [4.78, 5) is 15.2. The summed E-state index contributed by atoms with van der Waals surface area (Å²) in [5.41, 5.74) is 0.117. The molecule has 0 aliphatic carbocycles. The lowest BCUT2D eigenvalue weighted by molar-refractivity contribution is 0.0697. The fourth-order valence-electron chi connectivity index (χ4n) is 1.99. The third-order valence-corrected chi connectivity index (χ3v) is 3.00. The lowest BCUT2D eigenvalue weighted by Crippen LogP contribution is -1.99. The molecule has 6 nitrogen and oxygen atoms in total. The van der Waals surface area contributed by atoms with Crippen LogP contribution in [0.15, 0.2) is 42.9 Å². The number of benzene rings is 1. The monoisotopic (exact) mass is 269 g/mol. The van der Waals surface area contributed by atoms with Crippen molar-refractivity contribution in [3.63, 3.8) is 0 Å². The lowest BCUT2D eigenvalue weighted by atomic mass is 10.1. The second-order valence-corrected chi connectivity index (χ2v) is 4.20. The van der Waals surface area contributed by atoms with Gasteiger partial charge in [0.2, 0.25) is 0 Å². The molecule has 0 amide bonds. The van der Waals surface area contributed by atoms with E-state index in [0.29, 0.717) is 11.6 Å². The molecular formula is C14H11N3O3. The predicted molar refractivity (Wildman–Crippen MR) is 72.4 cm³/mol. The molecule has 2 heterocycles. The van der Waals surface area contributed by atoms with Crippen molar-refractivity contribution in [3.8, 4) is 11.6 Å². The summed E-state index contributed by atoms with van der Waals surface area (Å²) in [5.74, 6) is 0.250. The Kier molecular flexibility index (Phi) is 2.83. The number of methoxy groups -OCH3 is 1. The summed E-state index contributed by atoms with van der Waals surface area (Å²) < 4.78 is 6.65. The number of aromatic carboxylic acids is 1. The Morgan fingerprint density at radius 3 is 2.90 bits per heavy atom. The van der Waals surface area contributed by atoms with E-state index in [2.05, 4.69) is 10.1 Å². The molecule has 2 aromatic heterocycles. The van der Waals surface area contributed by atoms with E-state index in [1.54, 1.807) is 13.3 Å². The molecule has 0 bridgehead atoms. The summed E-state index contributed by atoms with van der Waals surface area (Å²) in [6.07, 6.45) is 4.39. The van der Waals surface area contributed by atoms with Crippen molar-refractivity contribution < 1.29 is 14.6 Å². The van der Waals surface area contributed by atoms with E-state index in [4.69, 9.17) is 9.84 Å². The van der Waals surface area contributed by atoms with Crippen LogP contribution in [0.1, 0.15) is 10.4 Å². The minimum Gasteiger partial charge on any atom is -0.497 e. The fourth-order valence-corrected chi connectivity index (χ4v) is 1.99. The van der Waals surface area contributed by atoms with Crippen LogP contribution in [0.3, 0.4) is 0 Å². The van der Waals surface area contributed by atoms with Crippen LogP contribution < -0.4 is 4.74 Å². The molecular weight excluding hydrogens is 258 g/mol. The van der Waals surface area contributed by atoms with Crippen LogP contribution in [0, 0.1) is 0 Å². The van der Waals surface area contributed by atoms with Gasteiger partial charge in [0.1, 0.15) is 5.75 Å². The smallest absolute Gasteiger partial charge is 0.338 e. The van der Waals surface area contributed by atoms with Gasteiger partial charge in [-0.25, -0.2) is 14.5 Å². The van der Waals surface area contributed by atoms with E-state index in [1.165, 1.54) is 17.1 Å². The van der Waals surface area contributed by atoms with Crippen LogP contribution in [0.5, 0.6) is 5.75 Å². The Balaban J connectivity index is 2.21. The highest BCUT2D eigenvalue weighted by Gasteiger charge is 2.11. The van der Waals surface area contributed by atoms with Crippen LogP contribution in [-0.2, 0) is 0 Å². The number of rotatable bonds is 3. The summed E-state index contributed by atoms with van der Waals surface area (Å²) in [6.45, 7) is 0. The first-order chi connectivity index (χ1) is 9.69. The average molecular weight is 269 g/mol. The molecule has 0 saturated carbocycles. The second-order valence-electron chi connectivity index (χ2n) is 4.20. The molecule has 3 aromatic rings. The van der Waals surface area contributed by atoms with E-state index < -0.39 is 5.97 Å². The highest BCUT2D eigenvalue weighted by atomic mass is 16.5. The molecule has 0 spiro atoms. The van der Waals surface area contributed by atoms with Crippen LogP contribution in [0.2, 0.25) is 0 Å². The maximum atomic E-state index is 10.9. The maximum Gasteiger partial charge on any atom is 0.338 e. The molecule has 0 aliphatic heterocycles. The van der Waals surface area contributed by atoms with Gasteiger partial charge in [0.05, 0.1) is 18.9 Å². The average Bonchev–Trinajstić information content (AvgIpc) is 2.96. The highest BCUT2D eigenvalue weighted by molar-refractivity contribution is 5.90. The number of nitrogens with zero attached hydrogens (tertiary/aromatic N) is 3. The SMILES string of the molecule is COc1ccc2ccnc(-n3cc(C(=O)O)cn3)c2c1. The molecule has 3 rings (SSSR count). The standard InChI is InChI=1S/C14H11N3O3/c1-20-11-3-2-9-4-5-15-13(12(9)6-11)17-8-10(7-16-17)14(18)19/h2-8H,1H3,(H,18,19). The van der Waals surface area contributed by atoms with Gasteiger partial charge in [0, 0.05) is 17.8 Å². The number of pyridine rings is 1. The number of carboxylic acid groups (broad SMARTS) is 1. The molecule has 0 fully saturated rings. The summed E-state index contributed by atoms with van der Waals surface area (Å²) in [7, 11) is 1.59. The fraction of sp³-hybridized carbons (Fsp3) is 0.0714. The van der Waals surface area contributed by atoms with Crippen molar-refractivity contribution in [1.82, 2.24) is 14.8 Å².